The summed E-state index contributed by atoms with van der Waals surface area (Å²) in [4.78, 5) is 41.5. The molecule has 0 fully saturated rings. The molecule has 0 spiro atoms. The number of hydrogen-bond donors (Lipinski definition) is 0. The minimum atomic E-state index is -0.767. The Hall–Kier alpha value is -3.52. The molecular formula is C19H12ClN3O5. The summed E-state index contributed by atoms with van der Waals surface area (Å²) in [5.41, 5.74) is 1.19. The highest BCUT2D eigenvalue weighted by Crippen LogP contribution is 2.22. The van der Waals surface area contributed by atoms with Crippen LogP contribution in [-0.4, -0.2) is 39.4 Å². The number of fused-ring (bicyclic) bond motifs is 1. The first-order valence-electron chi connectivity index (χ1n) is 8.22. The fourth-order valence-electron chi connectivity index (χ4n) is 2.76. The third-order valence-electron chi connectivity index (χ3n) is 4.07. The maximum Gasteiger partial charge on any atom is 0.326 e. The van der Waals surface area contributed by atoms with Crippen molar-refractivity contribution >= 4 is 29.4 Å². The highest BCUT2D eigenvalue weighted by atomic mass is 35.5. The van der Waals surface area contributed by atoms with Gasteiger partial charge in [0.2, 0.25) is 5.82 Å². The lowest BCUT2D eigenvalue weighted by Gasteiger charge is -2.12. The van der Waals surface area contributed by atoms with Crippen LogP contribution < -0.4 is 0 Å². The molecule has 2 aromatic carbocycles. The van der Waals surface area contributed by atoms with E-state index in [1.54, 1.807) is 36.4 Å². The van der Waals surface area contributed by atoms with Crippen molar-refractivity contribution in [2.24, 2.45) is 0 Å². The number of rotatable bonds is 5. The molecule has 0 radical (unpaired) electrons. The van der Waals surface area contributed by atoms with Crippen molar-refractivity contribution < 1.29 is 23.6 Å². The molecule has 0 N–H and O–H groups in total. The SMILES string of the molecule is O=C(CN1C(=O)c2ccccc2C1=O)OCc1nc(-c2cccc(Cl)c2)no1. The van der Waals surface area contributed by atoms with Crippen molar-refractivity contribution in [3.8, 4) is 11.4 Å². The van der Waals surface area contributed by atoms with E-state index in [1.165, 1.54) is 12.1 Å². The normalized spacial score (nSPS) is 13.0. The Labute approximate surface area is 163 Å². The van der Waals surface area contributed by atoms with Crippen molar-refractivity contribution in [1.29, 1.82) is 0 Å². The second kappa shape index (κ2) is 7.24. The molecule has 0 unspecified atom stereocenters. The second-order valence-corrected chi connectivity index (χ2v) is 6.36. The van der Waals surface area contributed by atoms with E-state index in [9.17, 15) is 14.4 Å². The topological polar surface area (TPSA) is 103 Å². The van der Waals surface area contributed by atoms with Gasteiger partial charge >= 0.3 is 5.97 Å². The summed E-state index contributed by atoms with van der Waals surface area (Å²) < 4.78 is 10.1. The van der Waals surface area contributed by atoms with E-state index in [2.05, 4.69) is 10.1 Å². The molecule has 2 heterocycles. The fraction of sp³-hybridized carbons (Fsp3) is 0.105. The number of imide groups is 1. The van der Waals surface area contributed by atoms with E-state index in [1.807, 2.05) is 0 Å². The third-order valence-corrected chi connectivity index (χ3v) is 4.31. The Morgan fingerprint density at radius 2 is 1.79 bits per heavy atom. The summed E-state index contributed by atoms with van der Waals surface area (Å²) in [6.07, 6.45) is 0. The molecule has 9 heteroatoms. The number of benzene rings is 2. The molecule has 4 rings (SSSR count). The first kappa shape index (κ1) is 17.9. The van der Waals surface area contributed by atoms with Crippen LogP contribution >= 0.6 is 11.6 Å². The van der Waals surface area contributed by atoms with Crippen LogP contribution in [0.2, 0.25) is 5.02 Å². The highest BCUT2D eigenvalue weighted by Gasteiger charge is 2.36. The number of nitrogens with zero attached hydrogens (tertiary/aromatic N) is 3. The zero-order valence-corrected chi connectivity index (χ0v) is 15.0. The predicted molar refractivity (Wildman–Crippen MR) is 96.3 cm³/mol. The van der Waals surface area contributed by atoms with Gasteiger partial charge in [-0.1, -0.05) is 41.0 Å². The second-order valence-electron chi connectivity index (χ2n) is 5.92. The molecule has 140 valence electrons. The highest BCUT2D eigenvalue weighted by molar-refractivity contribution is 6.30. The number of amides is 2. The van der Waals surface area contributed by atoms with E-state index < -0.39 is 24.3 Å². The lowest BCUT2D eigenvalue weighted by atomic mass is 10.1. The summed E-state index contributed by atoms with van der Waals surface area (Å²) in [7, 11) is 0. The van der Waals surface area contributed by atoms with Gasteiger partial charge in [-0.25, -0.2) is 0 Å². The quantitative estimate of drug-likeness (QED) is 0.481. The van der Waals surface area contributed by atoms with Crippen LogP contribution in [0.25, 0.3) is 11.4 Å². The van der Waals surface area contributed by atoms with E-state index in [0.29, 0.717) is 16.4 Å². The molecule has 0 saturated carbocycles. The summed E-state index contributed by atoms with van der Waals surface area (Å²) in [6, 6.07) is 13.3. The molecule has 0 atom stereocenters. The predicted octanol–water partition coefficient (Wildman–Crippen LogP) is 2.73. The number of hydrogen-bond acceptors (Lipinski definition) is 7. The molecule has 0 bridgehead atoms. The Bertz CT molecular complexity index is 1060. The Balaban J connectivity index is 1.37. The Morgan fingerprint density at radius 1 is 1.07 bits per heavy atom. The molecule has 1 aliphatic rings. The molecule has 0 saturated heterocycles. The average Bonchev–Trinajstić information content (AvgIpc) is 3.26. The number of aromatic nitrogens is 2. The van der Waals surface area contributed by atoms with Gasteiger partial charge < -0.3 is 9.26 Å². The van der Waals surface area contributed by atoms with Crippen molar-refractivity contribution in [3.05, 3.63) is 70.6 Å². The van der Waals surface area contributed by atoms with Crippen molar-refractivity contribution in [3.63, 3.8) is 0 Å². The summed E-state index contributed by atoms with van der Waals surface area (Å²) in [5, 5.41) is 4.33. The van der Waals surface area contributed by atoms with Crippen LogP contribution in [0, 0.1) is 0 Å². The third kappa shape index (κ3) is 3.37. The molecule has 1 aromatic heterocycles. The number of halogens is 1. The van der Waals surface area contributed by atoms with Gasteiger partial charge in [0.25, 0.3) is 17.7 Å². The van der Waals surface area contributed by atoms with Crippen LogP contribution in [0.5, 0.6) is 0 Å². The average molecular weight is 398 g/mol. The maximum atomic E-state index is 12.3. The molecule has 2 amide bonds. The van der Waals surface area contributed by atoms with Gasteiger partial charge in [-0.05, 0) is 24.3 Å². The number of carbonyl (C=O) groups is 3. The number of carbonyl (C=O) groups excluding carboxylic acids is 3. The van der Waals surface area contributed by atoms with Gasteiger partial charge in [-0.15, -0.1) is 0 Å². The first-order valence-corrected chi connectivity index (χ1v) is 8.60. The molecule has 1 aliphatic heterocycles. The van der Waals surface area contributed by atoms with E-state index in [-0.39, 0.29) is 23.6 Å². The molecule has 0 aliphatic carbocycles. The summed E-state index contributed by atoms with van der Waals surface area (Å²) in [6.45, 7) is -0.781. The first-order chi connectivity index (χ1) is 13.5. The molecule has 3 aromatic rings. The van der Waals surface area contributed by atoms with Crippen LogP contribution in [0.3, 0.4) is 0 Å². The largest absolute Gasteiger partial charge is 0.454 e. The van der Waals surface area contributed by atoms with Crippen molar-refractivity contribution in [2.45, 2.75) is 6.61 Å². The van der Waals surface area contributed by atoms with Gasteiger partial charge in [0.05, 0.1) is 11.1 Å². The van der Waals surface area contributed by atoms with Crippen molar-refractivity contribution in [2.75, 3.05) is 6.54 Å². The van der Waals surface area contributed by atoms with Crippen molar-refractivity contribution in [1.82, 2.24) is 15.0 Å². The number of ether oxygens (including phenoxy) is 1. The Morgan fingerprint density at radius 3 is 2.46 bits per heavy atom. The number of esters is 1. The molecule has 28 heavy (non-hydrogen) atoms. The van der Waals surface area contributed by atoms with Crippen LogP contribution in [0.1, 0.15) is 26.6 Å². The lowest BCUT2D eigenvalue weighted by Crippen LogP contribution is -2.35. The fourth-order valence-corrected chi connectivity index (χ4v) is 2.95. The molecular weight excluding hydrogens is 386 g/mol. The van der Waals surface area contributed by atoms with E-state index in [4.69, 9.17) is 20.9 Å². The van der Waals surface area contributed by atoms with Crippen LogP contribution in [0.15, 0.2) is 53.1 Å². The van der Waals surface area contributed by atoms with Gasteiger partial charge in [0.1, 0.15) is 6.54 Å². The van der Waals surface area contributed by atoms with Crippen LogP contribution in [-0.2, 0) is 16.1 Å². The summed E-state index contributed by atoms with van der Waals surface area (Å²) in [5.74, 6) is -1.45. The smallest absolute Gasteiger partial charge is 0.326 e. The van der Waals surface area contributed by atoms with Gasteiger partial charge in [-0.2, -0.15) is 4.98 Å². The zero-order chi connectivity index (χ0) is 19.7. The van der Waals surface area contributed by atoms with E-state index >= 15 is 0 Å². The van der Waals surface area contributed by atoms with Gasteiger partial charge in [0.15, 0.2) is 6.61 Å². The molecule has 8 nitrogen and oxygen atoms in total. The Kier molecular flexibility index (Phi) is 4.62. The minimum absolute atomic E-state index is 0.0747. The summed E-state index contributed by atoms with van der Waals surface area (Å²) >= 11 is 5.93. The van der Waals surface area contributed by atoms with E-state index in [0.717, 1.165) is 4.90 Å². The standard InChI is InChI=1S/C19H12ClN3O5/c20-12-5-3-4-11(8-12)17-21-15(28-22-17)10-27-16(24)9-23-18(25)13-6-1-2-7-14(13)19(23)26/h1-8H,9-10H2. The minimum Gasteiger partial charge on any atom is -0.454 e. The zero-order valence-electron chi connectivity index (χ0n) is 14.3. The maximum absolute atomic E-state index is 12.3. The van der Waals surface area contributed by atoms with Crippen LogP contribution in [0.4, 0.5) is 0 Å². The monoisotopic (exact) mass is 397 g/mol. The lowest BCUT2D eigenvalue weighted by molar-refractivity contribution is -0.146. The van der Waals surface area contributed by atoms with Gasteiger partial charge in [0, 0.05) is 10.6 Å². The van der Waals surface area contributed by atoms with Gasteiger partial charge in [-0.3, -0.25) is 19.3 Å².